The molecule has 0 spiro atoms. The van der Waals surface area contributed by atoms with Crippen LogP contribution in [0.15, 0.2) is 34.9 Å². The van der Waals surface area contributed by atoms with Crippen LogP contribution in [0.3, 0.4) is 0 Å². The number of aliphatic hydroxyl groups excluding tert-OH is 1. The number of aromatic carboxylic acids is 1. The number of rotatable bonds is 7. The van der Waals surface area contributed by atoms with Gasteiger partial charge in [-0.2, -0.15) is 0 Å². The first kappa shape index (κ1) is 26.7. The number of hydrogen-bond donors (Lipinski definition) is 4. The predicted molar refractivity (Wildman–Crippen MR) is 117 cm³/mol. The topological polar surface area (TPSA) is 159 Å². The molecule has 2 fully saturated rings. The molecule has 4 N–H and O–H groups in total. The van der Waals surface area contributed by atoms with E-state index in [0.717, 1.165) is 0 Å². The average molecular weight is 498 g/mol. The fraction of sp³-hybridized carbons (Fsp3) is 0.455. The molecule has 0 bridgehead atoms. The summed E-state index contributed by atoms with van der Waals surface area (Å²) in [5.74, 6) is -4.08. The van der Waals surface area contributed by atoms with Gasteiger partial charge in [-0.05, 0) is 31.0 Å². The molecule has 4 rings (SSSR count). The summed E-state index contributed by atoms with van der Waals surface area (Å²) in [4.78, 5) is 49.9. The Morgan fingerprint density at radius 1 is 1.32 bits per heavy atom. The Bertz CT molecular complexity index is 1060. The molecule has 0 aromatic heterocycles. The second-order valence-corrected chi connectivity index (χ2v) is 9.91. The van der Waals surface area contributed by atoms with Crippen molar-refractivity contribution < 1.29 is 64.1 Å². The van der Waals surface area contributed by atoms with Crippen LogP contribution in [0.4, 0.5) is 5.69 Å². The molecule has 0 saturated carbocycles. The fourth-order valence-corrected chi connectivity index (χ4v) is 6.28. The molecular formula is C22H24N3NaO7S. The van der Waals surface area contributed by atoms with E-state index in [-0.39, 0.29) is 69.8 Å². The van der Waals surface area contributed by atoms with E-state index in [1.165, 1.54) is 41.8 Å². The summed E-state index contributed by atoms with van der Waals surface area (Å²) in [5, 5.41) is 36.4. The van der Waals surface area contributed by atoms with Crippen molar-refractivity contribution in [3.05, 3.63) is 40.4 Å². The van der Waals surface area contributed by atoms with Gasteiger partial charge < -0.3 is 35.6 Å². The molecule has 1 aromatic carbocycles. The van der Waals surface area contributed by atoms with Gasteiger partial charge in [0.05, 0.1) is 30.1 Å². The monoisotopic (exact) mass is 497 g/mol. The number of nitrogens with zero attached hydrogens (tertiary/aromatic N) is 1. The third kappa shape index (κ3) is 4.77. The maximum atomic E-state index is 12.7. The van der Waals surface area contributed by atoms with Crippen LogP contribution >= 0.6 is 11.8 Å². The van der Waals surface area contributed by atoms with Gasteiger partial charge in [-0.3, -0.25) is 9.59 Å². The van der Waals surface area contributed by atoms with Crippen LogP contribution < -0.4 is 45.3 Å². The number of carbonyl (C=O) groups is 4. The maximum absolute atomic E-state index is 12.7. The van der Waals surface area contributed by atoms with Gasteiger partial charge in [-0.25, -0.2) is 4.79 Å². The molecule has 12 heteroatoms. The van der Waals surface area contributed by atoms with Crippen molar-refractivity contribution in [2.45, 2.75) is 43.7 Å². The van der Waals surface area contributed by atoms with Crippen LogP contribution in [-0.4, -0.2) is 68.8 Å². The maximum Gasteiger partial charge on any atom is 1.00 e. The zero-order chi connectivity index (χ0) is 24.0. The third-order valence-electron chi connectivity index (χ3n) is 6.38. The first-order valence-corrected chi connectivity index (χ1v) is 11.5. The number of amides is 2. The first-order valence-electron chi connectivity index (χ1n) is 10.6. The Morgan fingerprint density at radius 3 is 2.65 bits per heavy atom. The summed E-state index contributed by atoms with van der Waals surface area (Å²) in [5.41, 5.74) is 0.261. The van der Waals surface area contributed by atoms with E-state index in [9.17, 15) is 34.5 Å². The number of thioether (sulfide) groups is 1. The number of hydrogen-bond acceptors (Lipinski definition) is 8. The Morgan fingerprint density at radius 2 is 2.03 bits per heavy atom. The molecule has 3 aliphatic heterocycles. The van der Waals surface area contributed by atoms with Gasteiger partial charge in [0.15, 0.2) is 0 Å². The van der Waals surface area contributed by atoms with E-state index in [4.69, 9.17) is 0 Å². The summed E-state index contributed by atoms with van der Waals surface area (Å²) >= 11 is 1.35. The molecule has 6 atom stereocenters. The second-order valence-electron chi connectivity index (χ2n) is 8.57. The number of carboxylic acids is 2. The minimum Gasteiger partial charge on any atom is -0.545 e. The molecule has 3 heterocycles. The molecule has 0 aliphatic carbocycles. The summed E-state index contributed by atoms with van der Waals surface area (Å²) in [7, 11) is 0. The first-order chi connectivity index (χ1) is 15.6. The molecule has 0 radical (unpaired) electrons. The molecule has 1 aromatic rings. The molecule has 10 nitrogen and oxygen atoms in total. The van der Waals surface area contributed by atoms with Gasteiger partial charge in [-0.1, -0.05) is 19.1 Å². The smallest absolute Gasteiger partial charge is 0.545 e. The largest absolute Gasteiger partial charge is 1.00 e. The molecule has 0 unspecified atom stereocenters. The normalized spacial score (nSPS) is 28.6. The van der Waals surface area contributed by atoms with Crippen molar-refractivity contribution in [2.75, 3.05) is 11.9 Å². The SMILES string of the molecule is C[C@@H](O)[C@H]1C(=O)N2C(C(=O)O)=C(S[C@H]3CN[C@@H](C(=O)Nc4cccc(C(=O)[O-])c4)C3)[C@H](C)[C@H]12.[Na+]. The molecular weight excluding hydrogens is 473 g/mol. The number of anilines is 1. The van der Waals surface area contributed by atoms with Crippen LogP contribution in [0.2, 0.25) is 0 Å². The van der Waals surface area contributed by atoms with Crippen LogP contribution in [0.25, 0.3) is 0 Å². The fourth-order valence-electron chi connectivity index (χ4n) is 4.80. The van der Waals surface area contributed by atoms with Gasteiger partial charge in [0, 0.05) is 28.3 Å². The number of nitrogens with one attached hydrogen (secondary N) is 2. The van der Waals surface area contributed by atoms with Crippen molar-refractivity contribution in [2.24, 2.45) is 11.8 Å². The zero-order valence-electron chi connectivity index (χ0n) is 19.0. The van der Waals surface area contributed by atoms with Crippen molar-refractivity contribution in [1.82, 2.24) is 10.2 Å². The van der Waals surface area contributed by atoms with Crippen LogP contribution in [0, 0.1) is 11.8 Å². The summed E-state index contributed by atoms with van der Waals surface area (Å²) in [6.45, 7) is 3.85. The third-order valence-corrected chi connectivity index (χ3v) is 7.89. The number of fused-ring (bicyclic) bond motifs is 1. The van der Waals surface area contributed by atoms with E-state index < -0.39 is 30.0 Å². The van der Waals surface area contributed by atoms with Crippen molar-refractivity contribution in [3.8, 4) is 0 Å². The summed E-state index contributed by atoms with van der Waals surface area (Å²) in [6.07, 6.45) is -0.435. The number of β-lactam (4-membered cyclic amide) rings is 1. The van der Waals surface area contributed by atoms with E-state index in [1.54, 1.807) is 6.07 Å². The van der Waals surface area contributed by atoms with E-state index in [1.807, 2.05) is 6.92 Å². The Labute approximate surface area is 222 Å². The summed E-state index contributed by atoms with van der Waals surface area (Å²) in [6, 6.07) is 4.86. The standard InChI is InChI=1S/C22H25N3O7S.Na/c1-9-16-15(10(2)26)20(28)25(16)17(22(31)32)18(9)33-13-7-14(23-8-13)19(27)24-12-5-3-4-11(6-12)21(29)30;/h3-6,9-10,13-16,23,26H,7-8H2,1-2H3,(H,24,27)(H,29,30)(H,31,32);/q;+1/p-1/t9-,10-,13-,14-,15-,16-;/m1./s1. The Balaban J connectivity index is 0.00000324. The number of aliphatic hydroxyl groups is 1. The van der Waals surface area contributed by atoms with Crippen molar-refractivity contribution in [1.29, 1.82) is 0 Å². The van der Waals surface area contributed by atoms with Crippen LogP contribution in [0.1, 0.15) is 30.6 Å². The van der Waals surface area contributed by atoms with Gasteiger partial charge in [0.2, 0.25) is 11.8 Å². The molecule has 2 amide bonds. The van der Waals surface area contributed by atoms with Crippen LogP contribution in [0.5, 0.6) is 0 Å². The summed E-state index contributed by atoms with van der Waals surface area (Å²) < 4.78 is 0. The van der Waals surface area contributed by atoms with Crippen molar-refractivity contribution >= 4 is 41.2 Å². The molecule has 176 valence electrons. The number of carbonyl (C=O) groups excluding carboxylic acids is 3. The quantitative estimate of drug-likeness (QED) is 0.223. The Kier molecular flexibility index (Phi) is 8.16. The van der Waals surface area contributed by atoms with Gasteiger partial charge in [0.25, 0.3) is 0 Å². The molecule has 34 heavy (non-hydrogen) atoms. The average Bonchev–Trinajstić information content (AvgIpc) is 3.30. The van der Waals surface area contributed by atoms with E-state index >= 15 is 0 Å². The Hall–Kier alpha value is -1.89. The second kappa shape index (κ2) is 10.4. The predicted octanol–water partition coefficient (Wildman–Crippen LogP) is -3.39. The number of aliphatic carboxylic acids is 1. The van der Waals surface area contributed by atoms with E-state index in [0.29, 0.717) is 23.6 Å². The van der Waals surface area contributed by atoms with Gasteiger partial charge in [-0.15, -0.1) is 11.8 Å². The number of benzene rings is 1. The van der Waals surface area contributed by atoms with Gasteiger partial charge >= 0.3 is 35.5 Å². The van der Waals surface area contributed by atoms with Gasteiger partial charge in [0.1, 0.15) is 5.70 Å². The van der Waals surface area contributed by atoms with E-state index in [2.05, 4.69) is 10.6 Å². The van der Waals surface area contributed by atoms with Crippen LogP contribution in [-0.2, 0) is 14.4 Å². The molecule has 2 saturated heterocycles. The van der Waals surface area contributed by atoms with Crippen molar-refractivity contribution in [3.63, 3.8) is 0 Å². The minimum absolute atomic E-state index is 0. The zero-order valence-corrected chi connectivity index (χ0v) is 21.8. The minimum atomic E-state index is -1.34. The molecule has 3 aliphatic rings. The number of carboxylic acid groups (broad SMARTS) is 2.